The number of aromatic amines is 1. The average Bonchev–Trinajstić information content (AvgIpc) is 2.85. The summed E-state index contributed by atoms with van der Waals surface area (Å²) in [5, 5.41) is 0.315. The van der Waals surface area contributed by atoms with E-state index in [0.29, 0.717) is 40.6 Å². The van der Waals surface area contributed by atoms with Crippen molar-refractivity contribution in [3.05, 3.63) is 51.8 Å². The van der Waals surface area contributed by atoms with Crippen LogP contribution in [-0.2, 0) is 17.8 Å². The van der Waals surface area contributed by atoms with Gasteiger partial charge in [0.25, 0.3) is 5.56 Å². The Morgan fingerprint density at radius 1 is 0.941 bits per heavy atom. The molecular formula is C25H34N4O5. The molecule has 0 bridgehead atoms. The van der Waals surface area contributed by atoms with E-state index in [1.165, 1.54) is 26.9 Å². The van der Waals surface area contributed by atoms with E-state index in [1.54, 1.807) is 13.2 Å². The number of benzene rings is 2. The summed E-state index contributed by atoms with van der Waals surface area (Å²) in [5.74, 6) is 1.55. The SMILES string of the molecule is CCN(CCOC)Cc1ccc(CN(C)c2nc3cc(OC)c(OC)c(OC)c3c(=O)[nH]2)cc1. The van der Waals surface area contributed by atoms with Crippen LogP contribution in [-0.4, -0.2) is 70.1 Å². The van der Waals surface area contributed by atoms with Gasteiger partial charge in [0.05, 0.1) is 33.5 Å². The zero-order valence-corrected chi connectivity index (χ0v) is 20.8. The number of H-pyrrole nitrogens is 1. The highest BCUT2D eigenvalue weighted by Gasteiger charge is 2.20. The number of methoxy groups -OCH3 is 4. The maximum Gasteiger partial charge on any atom is 0.264 e. The summed E-state index contributed by atoms with van der Waals surface area (Å²) >= 11 is 0. The van der Waals surface area contributed by atoms with Gasteiger partial charge in [-0.1, -0.05) is 31.2 Å². The molecule has 9 nitrogen and oxygen atoms in total. The highest BCUT2D eigenvalue weighted by Crippen LogP contribution is 2.41. The van der Waals surface area contributed by atoms with Gasteiger partial charge in [-0.05, 0) is 17.7 Å². The number of aromatic nitrogens is 2. The summed E-state index contributed by atoms with van der Waals surface area (Å²) in [4.78, 5) is 24.7. The van der Waals surface area contributed by atoms with Gasteiger partial charge in [0.15, 0.2) is 11.5 Å². The molecule has 0 aliphatic carbocycles. The lowest BCUT2D eigenvalue weighted by atomic mass is 10.1. The van der Waals surface area contributed by atoms with E-state index >= 15 is 0 Å². The number of rotatable bonds is 12. The van der Waals surface area contributed by atoms with Crippen molar-refractivity contribution in [1.29, 1.82) is 0 Å². The monoisotopic (exact) mass is 470 g/mol. The first-order chi connectivity index (χ1) is 16.4. The molecule has 0 atom stereocenters. The van der Waals surface area contributed by atoms with E-state index in [2.05, 4.69) is 46.1 Å². The molecule has 3 rings (SSSR count). The molecule has 0 spiro atoms. The van der Waals surface area contributed by atoms with Crippen molar-refractivity contribution in [2.24, 2.45) is 0 Å². The molecular weight excluding hydrogens is 436 g/mol. The van der Waals surface area contributed by atoms with E-state index in [9.17, 15) is 4.79 Å². The fourth-order valence-electron chi connectivity index (χ4n) is 3.86. The van der Waals surface area contributed by atoms with Crippen LogP contribution < -0.4 is 24.7 Å². The summed E-state index contributed by atoms with van der Waals surface area (Å²) in [6.45, 7) is 6.20. The van der Waals surface area contributed by atoms with Crippen molar-refractivity contribution in [1.82, 2.24) is 14.9 Å². The predicted molar refractivity (Wildman–Crippen MR) is 133 cm³/mol. The Hall–Kier alpha value is -3.30. The zero-order chi connectivity index (χ0) is 24.7. The highest BCUT2D eigenvalue weighted by molar-refractivity contribution is 5.90. The summed E-state index contributed by atoms with van der Waals surface area (Å²) < 4.78 is 21.4. The molecule has 1 heterocycles. The molecule has 1 aromatic heterocycles. The number of ether oxygens (including phenoxy) is 4. The maximum absolute atomic E-state index is 12.9. The summed E-state index contributed by atoms with van der Waals surface area (Å²) in [6, 6.07) is 10.2. The highest BCUT2D eigenvalue weighted by atomic mass is 16.5. The Labute approximate surface area is 200 Å². The molecule has 0 aliphatic heterocycles. The predicted octanol–water partition coefficient (Wildman–Crippen LogP) is 3.05. The minimum atomic E-state index is -0.310. The minimum Gasteiger partial charge on any atom is -0.493 e. The standard InChI is InChI=1S/C25H34N4O5/c1-7-29(12-13-31-3)16-18-10-8-17(9-11-18)15-28(2)25-26-19-14-20(32-4)22(33-5)23(34-6)21(19)24(30)27-25/h8-11,14H,7,12-13,15-16H2,1-6H3,(H,26,27,30). The van der Waals surface area contributed by atoms with Crippen LogP contribution >= 0.6 is 0 Å². The lowest BCUT2D eigenvalue weighted by Gasteiger charge is -2.21. The van der Waals surface area contributed by atoms with Gasteiger partial charge in [-0.15, -0.1) is 0 Å². The summed E-state index contributed by atoms with van der Waals surface area (Å²) in [6.07, 6.45) is 0. The number of hydrogen-bond donors (Lipinski definition) is 1. The van der Waals surface area contributed by atoms with Crippen LogP contribution in [0.1, 0.15) is 18.1 Å². The smallest absolute Gasteiger partial charge is 0.264 e. The van der Waals surface area contributed by atoms with Gasteiger partial charge < -0.3 is 23.8 Å². The molecule has 3 aromatic rings. The molecule has 0 radical (unpaired) electrons. The Bertz CT molecular complexity index is 1150. The maximum atomic E-state index is 12.9. The quantitative estimate of drug-likeness (QED) is 0.432. The fraction of sp³-hybridized carbons (Fsp3) is 0.440. The summed E-state index contributed by atoms with van der Waals surface area (Å²) in [7, 11) is 8.13. The van der Waals surface area contributed by atoms with E-state index in [-0.39, 0.29) is 5.56 Å². The number of anilines is 1. The molecule has 1 N–H and O–H groups in total. The van der Waals surface area contributed by atoms with Crippen molar-refractivity contribution in [2.75, 3.05) is 60.1 Å². The third kappa shape index (κ3) is 5.60. The van der Waals surface area contributed by atoms with Crippen LogP contribution in [0.5, 0.6) is 17.2 Å². The number of nitrogens with zero attached hydrogens (tertiary/aromatic N) is 3. The number of hydrogen-bond acceptors (Lipinski definition) is 8. The normalized spacial score (nSPS) is 11.1. The van der Waals surface area contributed by atoms with Gasteiger partial charge in [-0.25, -0.2) is 4.98 Å². The van der Waals surface area contributed by atoms with Crippen LogP contribution in [0.3, 0.4) is 0 Å². The molecule has 0 aliphatic rings. The third-order valence-electron chi connectivity index (χ3n) is 5.76. The largest absolute Gasteiger partial charge is 0.493 e. The number of nitrogens with one attached hydrogen (secondary N) is 1. The zero-order valence-electron chi connectivity index (χ0n) is 20.8. The van der Waals surface area contributed by atoms with Gasteiger partial charge in [0.2, 0.25) is 11.7 Å². The van der Waals surface area contributed by atoms with E-state index < -0.39 is 0 Å². The van der Waals surface area contributed by atoms with Gasteiger partial charge in [-0.3, -0.25) is 14.7 Å². The van der Waals surface area contributed by atoms with Crippen molar-refractivity contribution >= 4 is 16.9 Å². The molecule has 2 aromatic carbocycles. The van der Waals surface area contributed by atoms with Crippen molar-refractivity contribution < 1.29 is 18.9 Å². The Kier molecular flexibility index (Phi) is 8.72. The molecule has 0 saturated heterocycles. The van der Waals surface area contributed by atoms with Crippen molar-refractivity contribution in [3.8, 4) is 17.2 Å². The molecule has 0 unspecified atom stereocenters. The number of likely N-dealkylation sites (N-methyl/N-ethyl adjacent to an activating group) is 1. The Balaban J connectivity index is 1.82. The first kappa shape index (κ1) is 25.3. The average molecular weight is 471 g/mol. The molecule has 9 heteroatoms. The van der Waals surface area contributed by atoms with Crippen LogP contribution in [0.25, 0.3) is 10.9 Å². The molecule has 0 amide bonds. The molecule has 0 saturated carbocycles. The number of fused-ring (bicyclic) bond motifs is 1. The van der Waals surface area contributed by atoms with Crippen LogP contribution in [0.2, 0.25) is 0 Å². The fourth-order valence-corrected chi connectivity index (χ4v) is 3.86. The lowest BCUT2D eigenvalue weighted by Crippen LogP contribution is -2.26. The Morgan fingerprint density at radius 2 is 1.59 bits per heavy atom. The Morgan fingerprint density at radius 3 is 2.15 bits per heavy atom. The van der Waals surface area contributed by atoms with Crippen molar-refractivity contribution in [3.63, 3.8) is 0 Å². The van der Waals surface area contributed by atoms with Gasteiger partial charge in [0, 0.05) is 39.9 Å². The second-order valence-corrected chi connectivity index (χ2v) is 7.96. The van der Waals surface area contributed by atoms with E-state index in [1.807, 2.05) is 11.9 Å². The topological polar surface area (TPSA) is 89.2 Å². The van der Waals surface area contributed by atoms with Crippen molar-refractivity contribution in [2.45, 2.75) is 20.0 Å². The van der Waals surface area contributed by atoms with Gasteiger partial charge >= 0.3 is 0 Å². The van der Waals surface area contributed by atoms with Gasteiger partial charge in [-0.2, -0.15) is 0 Å². The first-order valence-electron chi connectivity index (χ1n) is 11.2. The third-order valence-corrected chi connectivity index (χ3v) is 5.76. The molecule has 184 valence electrons. The second kappa shape index (κ2) is 11.7. The second-order valence-electron chi connectivity index (χ2n) is 7.96. The van der Waals surface area contributed by atoms with Crippen LogP contribution in [0.4, 0.5) is 5.95 Å². The van der Waals surface area contributed by atoms with Gasteiger partial charge in [0.1, 0.15) is 5.39 Å². The first-order valence-corrected chi connectivity index (χ1v) is 11.2. The van der Waals surface area contributed by atoms with Crippen LogP contribution in [0.15, 0.2) is 35.1 Å². The minimum absolute atomic E-state index is 0.294. The van der Waals surface area contributed by atoms with Crippen LogP contribution in [0, 0.1) is 0 Å². The molecule has 0 fully saturated rings. The van der Waals surface area contributed by atoms with E-state index in [4.69, 9.17) is 18.9 Å². The lowest BCUT2D eigenvalue weighted by molar-refractivity contribution is 0.147. The van der Waals surface area contributed by atoms with E-state index in [0.717, 1.165) is 31.8 Å². The summed E-state index contributed by atoms with van der Waals surface area (Å²) in [5.41, 5.74) is 2.51. The molecule has 34 heavy (non-hydrogen) atoms.